The quantitative estimate of drug-likeness (QED) is 0.761. The van der Waals surface area contributed by atoms with Gasteiger partial charge in [0.2, 0.25) is 11.8 Å². The topological polar surface area (TPSA) is 69.7 Å². The molecule has 3 heterocycles. The molecule has 31 heavy (non-hydrogen) atoms. The summed E-state index contributed by atoms with van der Waals surface area (Å²) in [5, 5.41) is 2.94. The van der Waals surface area contributed by atoms with E-state index in [9.17, 15) is 14.4 Å². The number of para-hydroxylation sites is 2. The van der Waals surface area contributed by atoms with Crippen molar-refractivity contribution in [1.29, 1.82) is 0 Å². The minimum absolute atomic E-state index is 0.162. The molecule has 3 atom stereocenters. The second kappa shape index (κ2) is 6.30. The first kappa shape index (κ1) is 19.5. The van der Waals surface area contributed by atoms with Crippen molar-refractivity contribution in [2.75, 3.05) is 10.2 Å². The Labute approximate surface area is 181 Å². The lowest BCUT2D eigenvalue weighted by atomic mass is 9.60. The van der Waals surface area contributed by atoms with Crippen LogP contribution in [0.25, 0.3) is 0 Å². The van der Waals surface area contributed by atoms with Gasteiger partial charge in [-0.15, -0.1) is 6.58 Å². The standard InChI is InChI=1S/C25H25N3O3/c1-5-24(3,4)25-14-20-21(30)26-18-12-8-6-10-16(18)22(31)28(20)23(25)27(15(2)29)19-13-9-7-11-17(19)25/h5-13,20,23H,1,14H2,2-4H3,(H,26,30)/t20-,23+,25-/m0/s1. The predicted octanol–water partition coefficient (Wildman–Crippen LogP) is 3.70. The van der Waals surface area contributed by atoms with Crippen LogP contribution in [0.2, 0.25) is 0 Å². The molecule has 0 radical (unpaired) electrons. The SMILES string of the molecule is C=CC(C)(C)[C@]12C[C@H]3C(=O)Nc4ccccc4C(=O)N3[C@H]1N(C(C)=O)c1ccccc12. The summed E-state index contributed by atoms with van der Waals surface area (Å²) in [5.41, 5.74) is 1.54. The summed E-state index contributed by atoms with van der Waals surface area (Å²) in [5.74, 6) is -0.636. The Bertz CT molecular complexity index is 1150. The number of fused-ring (bicyclic) bond motifs is 6. The Balaban J connectivity index is 1.82. The van der Waals surface area contributed by atoms with Gasteiger partial charge in [0.05, 0.1) is 11.3 Å². The molecule has 0 unspecified atom stereocenters. The van der Waals surface area contributed by atoms with Crippen molar-refractivity contribution >= 4 is 29.1 Å². The lowest BCUT2D eigenvalue weighted by molar-refractivity contribution is -0.121. The third-order valence-electron chi connectivity index (χ3n) is 7.40. The summed E-state index contributed by atoms with van der Waals surface area (Å²) in [7, 11) is 0. The van der Waals surface area contributed by atoms with Gasteiger partial charge in [0.15, 0.2) is 0 Å². The van der Waals surface area contributed by atoms with E-state index in [1.807, 2.05) is 30.3 Å². The Hall–Kier alpha value is -3.41. The van der Waals surface area contributed by atoms with Gasteiger partial charge in [-0.2, -0.15) is 0 Å². The summed E-state index contributed by atoms with van der Waals surface area (Å²) in [6.07, 6.45) is 1.66. The molecule has 2 aromatic carbocycles. The van der Waals surface area contributed by atoms with Gasteiger partial charge in [0.25, 0.3) is 5.91 Å². The monoisotopic (exact) mass is 415 g/mol. The van der Waals surface area contributed by atoms with Crippen molar-refractivity contribution in [2.24, 2.45) is 5.41 Å². The van der Waals surface area contributed by atoms with E-state index in [0.29, 0.717) is 17.7 Å². The molecular weight excluding hydrogens is 390 g/mol. The average molecular weight is 415 g/mol. The van der Waals surface area contributed by atoms with E-state index in [0.717, 1.165) is 11.3 Å². The zero-order valence-electron chi connectivity index (χ0n) is 17.9. The number of benzene rings is 2. The largest absolute Gasteiger partial charge is 0.324 e. The highest BCUT2D eigenvalue weighted by atomic mass is 16.2. The Morgan fingerprint density at radius 3 is 2.55 bits per heavy atom. The van der Waals surface area contributed by atoms with Crippen LogP contribution in [0.1, 0.15) is 43.1 Å². The van der Waals surface area contributed by atoms with Gasteiger partial charge in [0, 0.05) is 18.0 Å². The van der Waals surface area contributed by atoms with E-state index in [-0.39, 0.29) is 17.7 Å². The van der Waals surface area contributed by atoms with Gasteiger partial charge < -0.3 is 10.2 Å². The molecule has 0 saturated carbocycles. The number of hydrogen-bond donors (Lipinski definition) is 1. The van der Waals surface area contributed by atoms with Crippen LogP contribution in [-0.4, -0.2) is 34.8 Å². The molecule has 1 saturated heterocycles. The van der Waals surface area contributed by atoms with Gasteiger partial charge in [-0.3, -0.25) is 19.3 Å². The number of allylic oxidation sites excluding steroid dienone is 1. The predicted molar refractivity (Wildman–Crippen MR) is 119 cm³/mol. The number of nitrogens with one attached hydrogen (secondary N) is 1. The lowest BCUT2D eigenvalue weighted by Crippen LogP contribution is -2.58. The van der Waals surface area contributed by atoms with Crippen LogP contribution in [0.15, 0.2) is 61.2 Å². The van der Waals surface area contributed by atoms with Crippen LogP contribution in [-0.2, 0) is 15.0 Å². The molecule has 3 amide bonds. The molecule has 1 N–H and O–H groups in total. The van der Waals surface area contributed by atoms with E-state index < -0.39 is 23.0 Å². The Morgan fingerprint density at radius 1 is 1.16 bits per heavy atom. The van der Waals surface area contributed by atoms with Gasteiger partial charge in [-0.25, -0.2) is 0 Å². The molecule has 3 aliphatic heterocycles. The maximum absolute atomic E-state index is 13.9. The minimum Gasteiger partial charge on any atom is -0.324 e. The number of carbonyl (C=O) groups is 3. The molecular formula is C25H25N3O3. The van der Waals surface area contributed by atoms with Gasteiger partial charge in [-0.1, -0.05) is 50.3 Å². The molecule has 158 valence electrons. The zero-order valence-corrected chi connectivity index (χ0v) is 17.9. The smallest absolute Gasteiger partial charge is 0.258 e. The maximum Gasteiger partial charge on any atom is 0.258 e. The summed E-state index contributed by atoms with van der Waals surface area (Å²) in [4.78, 5) is 43.5. The molecule has 5 rings (SSSR count). The fourth-order valence-electron chi connectivity index (χ4n) is 5.78. The van der Waals surface area contributed by atoms with Crippen LogP contribution in [0.3, 0.4) is 0 Å². The van der Waals surface area contributed by atoms with E-state index in [1.165, 1.54) is 6.92 Å². The van der Waals surface area contributed by atoms with Gasteiger partial charge in [-0.05, 0) is 35.6 Å². The van der Waals surface area contributed by atoms with Crippen LogP contribution in [0.5, 0.6) is 0 Å². The fourth-order valence-corrected chi connectivity index (χ4v) is 5.78. The normalized spacial score (nSPS) is 26.4. The number of carbonyl (C=O) groups excluding carboxylic acids is 3. The van der Waals surface area contributed by atoms with Crippen molar-refractivity contribution in [3.8, 4) is 0 Å². The highest BCUT2D eigenvalue weighted by Crippen LogP contribution is 2.62. The zero-order chi connectivity index (χ0) is 22.1. The molecule has 0 aromatic heterocycles. The maximum atomic E-state index is 13.9. The van der Waals surface area contributed by atoms with Crippen molar-refractivity contribution in [2.45, 2.75) is 44.8 Å². The lowest BCUT2D eigenvalue weighted by Gasteiger charge is -2.45. The molecule has 1 fully saturated rings. The summed E-state index contributed by atoms with van der Waals surface area (Å²) >= 11 is 0. The Kier molecular flexibility index (Phi) is 3.97. The molecule has 6 nitrogen and oxygen atoms in total. The second-order valence-corrected chi connectivity index (χ2v) is 9.14. The van der Waals surface area contributed by atoms with Crippen LogP contribution in [0.4, 0.5) is 11.4 Å². The molecule has 3 aliphatic rings. The number of amides is 3. The van der Waals surface area contributed by atoms with Gasteiger partial charge in [0.1, 0.15) is 12.2 Å². The molecule has 0 bridgehead atoms. The second-order valence-electron chi connectivity index (χ2n) is 9.14. The van der Waals surface area contributed by atoms with Crippen LogP contribution >= 0.6 is 0 Å². The van der Waals surface area contributed by atoms with E-state index in [2.05, 4.69) is 25.7 Å². The van der Waals surface area contributed by atoms with Crippen molar-refractivity contribution in [3.63, 3.8) is 0 Å². The number of hydrogen-bond acceptors (Lipinski definition) is 3. The van der Waals surface area contributed by atoms with E-state index >= 15 is 0 Å². The first-order chi connectivity index (χ1) is 14.7. The fraction of sp³-hybridized carbons (Fsp3) is 0.320. The molecule has 2 aromatic rings. The highest BCUT2D eigenvalue weighted by molar-refractivity contribution is 6.11. The summed E-state index contributed by atoms with van der Waals surface area (Å²) in [6.45, 7) is 9.72. The number of anilines is 2. The third-order valence-corrected chi connectivity index (χ3v) is 7.40. The van der Waals surface area contributed by atoms with Crippen molar-refractivity contribution < 1.29 is 14.4 Å². The summed E-state index contributed by atoms with van der Waals surface area (Å²) in [6, 6.07) is 14.1. The summed E-state index contributed by atoms with van der Waals surface area (Å²) < 4.78 is 0. The molecule has 0 aliphatic carbocycles. The van der Waals surface area contributed by atoms with E-state index in [4.69, 9.17) is 0 Å². The van der Waals surface area contributed by atoms with Crippen molar-refractivity contribution in [1.82, 2.24) is 4.90 Å². The third kappa shape index (κ3) is 2.30. The number of nitrogens with zero attached hydrogens (tertiary/aromatic N) is 2. The first-order valence-electron chi connectivity index (χ1n) is 10.5. The minimum atomic E-state index is -0.695. The van der Waals surface area contributed by atoms with Crippen molar-refractivity contribution in [3.05, 3.63) is 72.3 Å². The Morgan fingerprint density at radius 2 is 1.84 bits per heavy atom. The van der Waals surface area contributed by atoms with E-state index in [1.54, 1.807) is 34.1 Å². The molecule has 6 heteroatoms. The number of rotatable bonds is 2. The molecule has 0 spiro atoms. The highest BCUT2D eigenvalue weighted by Gasteiger charge is 2.69. The van der Waals surface area contributed by atoms with Gasteiger partial charge >= 0.3 is 0 Å². The van der Waals surface area contributed by atoms with Crippen LogP contribution < -0.4 is 10.2 Å². The average Bonchev–Trinajstić information content (AvgIpc) is 3.22. The first-order valence-corrected chi connectivity index (χ1v) is 10.5. The van der Waals surface area contributed by atoms with Crippen LogP contribution in [0, 0.1) is 5.41 Å².